The van der Waals surface area contributed by atoms with Gasteiger partial charge in [-0.1, -0.05) is 24.9 Å². The summed E-state index contributed by atoms with van der Waals surface area (Å²) in [5.74, 6) is 0.997. The molecule has 1 fully saturated rings. The summed E-state index contributed by atoms with van der Waals surface area (Å²) in [5, 5.41) is 3.44. The van der Waals surface area contributed by atoms with E-state index in [2.05, 4.69) is 12.2 Å². The molecule has 1 aliphatic heterocycles. The van der Waals surface area contributed by atoms with Crippen LogP contribution >= 0.6 is 22.9 Å². The Balaban J connectivity index is 1.90. The van der Waals surface area contributed by atoms with Crippen LogP contribution < -0.4 is 5.32 Å². The van der Waals surface area contributed by atoms with E-state index in [0.29, 0.717) is 16.8 Å². The Morgan fingerprint density at radius 2 is 2.41 bits per heavy atom. The number of carbonyl (C=O) groups is 1. The normalized spacial score (nSPS) is 24.8. The average Bonchev–Trinajstić information content (AvgIpc) is 2.76. The van der Waals surface area contributed by atoms with Crippen LogP contribution in [0.1, 0.15) is 42.3 Å². The van der Waals surface area contributed by atoms with Crippen molar-refractivity contribution < 1.29 is 4.79 Å². The largest absolute Gasteiger partial charge is 0.314 e. The summed E-state index contributed by atoms with van der Waals surface area (Å²) in [6.07, 6.45) is 4.19. The summed E-state index contributed by atoms with van der Waals surface area (Å²) >= 11 is 7.22. The summed E-state index contributed by atoms with van der Waals surface area (Å²) < 4.78 is 0.691. The van der Waals surface area contributed by atoms with Crippen LogP contribution in [0.15, 0.2) is 12.1 Å². The maximum absolute atomic E-state index is 12.0. The lowest BCUT2D eigenvalue weighted by molar-refractivity contribution is 0.0961. The number of hydrogen-bond acceptors (Lipinski definition) is 3. The molecular weight excluding hydrogens is 254 g/mol. The fourth-order valence-electron chi connectivity index (χ4n) is 2.41. The lowest BCUT2D eigenvalue weighted by atomic mass is 9.88. The van der Waals surface area contributed by atoms with E-state index in [4.69, 9.17) is 11.6 Å². The summed E-state index contributed by atoms with van der Waals surface area (Å²) in [6.45, 7) is 3.27. The fourth-order valence-corrected chi connectivity index (χ4v) is 3.40. The lowest BCUT2D eigenvalue weighted by Gasteiger charge is -2.29. The molecule has 0 bridgehead atoms. The van der Waals surface area contributed by atoms with Gasteiger partial charge >= 0.3 is 0 Å². The summed E-state index contributed by atoms with van der Waals surface area (Å²) in [6, 6.07) is 3.97. The fraction of sp³-hybridized carbons (Fsp3) is 0.615. The Kier molecular flexibility index (Phi) is 4.60. The van der Waals surface area contributed by atoms with Crippen LogP contribution in [-0.2, 0) is 0 Å². The van der Waals surface area contributed by atoms with E-state index < -0.39 is 0 Å². The van der Waals surface area contributed by atoms with Gasteiger partial charge in [0, 0.05) is 12.5 Å². The van der Waals surface area contributed by atoms with Crippen molar-refractivity contribution in [2.45, 2.75) is 38.6 Å². The minimum Gasteiger partial charge on any atom is -0.314 e. The van der Waals surface area contributed by atoms with Crippen molar-refractivity contribution >= 4 is 28.7 Å². The molecule has 2 atom stereocenters. The van der Waals surface area contributed by atoms with Crippen LogP contribution in [0.2, 0.25) is 4.34 Å². The van der Waals surface area contributed by atoms with Crippen molar-refractivity contribution in [2.24, 2.45) is 5.92 Å². The molecule has 17 heavy (non-hydrogen) atoms. The van der Waals surface area contributed by atoms with Gasteiger partial charge in [0.1, 0.15) is 0 Å². The zero-order chi connectivity index (χ0) is 12.3. The first-order chi connectivity index (χ1) is 8.19. The summed E-state index contributed by atoms with van der Waals surface area (Å²) in [5.41, 5.74) is 0. The minimum absolute atomic E-state index is 0.219. The van der Waals surface area contributed by atoms with Crippen molar-refractivity contribution in [3.05, 3.63) is 21.3 Å². The number of carbonyl (C=O) groups excluding carboxylic acids is 1. The molecule has 1 aliphatic rings. The molecule has 1 saturated heterocycles. The number of rotatable bonds is 4. The smallest absolute Gasteiger partial charge is 0.174 e. The molecule has 4 heteroatoms. The van der Waals surface area contributed by atoms with Crippen molar-refractivity contribution in [3.8, 4) is 0 Å². The van der Waals surface area contributed by atoms with Crippen molar-refractivity contribution in [3.63, 3.8) is 0 Å². The highest BCUT2D eigenvalue weighted by molar-refractivity contribution is 7.18. The number of hydrogen-bond donors (Lipinski definition) is 1. The zero-order valence-corrected chi connectivity index (χ0v) is 11.6. The van der Waals surface area contributed by atoms with E-state index >= 15 is 0 Å². The topological polar surface area (TPSA) is 29.1 Å². The number of Topliss-reactive ketones (excluding diaryl/α,β-unsaturated/α-hetero) is 1. The van der Waals surface area contributed by atoms with Crippen molar-refractivity contribution in [1.29, 1.82) is 0 Å². The summed E-state index contributed by atoms with van der Waals surface area (Å²) in [7, 11) is 0. The lowest BCUT2D eigenvalue weighted by Crippen LogP contribution is -2.39. The SMILES string of the molecule is CCC1CCNC(CC(=O)c2ccc(Cl)s2)C1. The first-order valence-electron chi connectivity index (χ1n) is 6.21. The molecule has 2 rings (SSSR count). The van der Waals surface area contributed by atoms with Crippen molar-refractivity contribution in [2.75, 3.05) is 6.54 Å². The molecule has 2 heterocycles. The number of thiophene rings is 1. The Morgan fingerprint density at radius 3 is 3.06 bits per heavy atom. The Hall–Kier alpha value is -0.380. The van der Waals surface area contributed by atoms with E-state index in [1.165, 1.54) is 24.2 Å². The van der Waals surface area contributed by atoms with Gasteiger partial charge in [-0.25, -0.2) is 0 Å². The zero-order valence-electron chi connectivity index (χ0n) is 10.0. The molecule has 0 radical (unpaired) electrons. The maximum Gasteiger partial charge on any atom is 0.174 e. The molecule has 2 nitrogen and oxygen atoms in total. The molecular formula is C13H18ClNOS. The highest BCUT2D eigenvalue weighted by Crippen LogP contribution is 2.25. The molecule has 0 saturated carbocycles. The van der Waals surface area contributed by atoms with E-state index in [9.17, 15) is 4.79 Å². The Labute approximate surface area is 111 Å². The third-order valence-electron chi connectivity index (χ3n) is 3.46. The van der Waals surface area contributed by atoms with E-state index in [-0.39, 0.29) is 5.78 Å². The van der Waals surface area contributed by atoms with Gasteiger partial charge in [0.25, 0.3) is 0 Å². The monoisotopic (exact) mass is 271 g/mol. The van der Waals surface area contributed by atoms with Crippen LogP contribution in [0.4, 0.5) is 0 Å². The minimum atomic E-state index is 0.219. The third-order valence-corrected chi connectivity index (χ3v) is 4.73. The molecule has 0 spiro atoms. The first-order valence-corrected chi connectivity index (χ1v) is 7.40. The Bertz CT molecular complexity index is 391. The van der Waals surface area contributed by atoms with Gasteiger partial charge in [0.05, 0.1) is 9.21 Å². The van der Waals surface area contributed by atoms with Gasteiger partial charge in [-0.2, -0.15) is 0 Å². The number of piperidine rings is 1. The van der Waals surface area contributed by atoms with Gasteiger partial charge in [0.2, 0.25) is 0 Å². The van der Waals surface area contributed by atoms with E-state index in [1.807, 2.05) is 6.07 Å². The van der Waals surface area contributed by atoms with E-state index in [0.717, 1.165) is 23.8 Å². The molecule has 0 aromatic carbocycles. The van der Waals surface area contributed by atoms with Gasteiger partial charge < -0.3 is 5.32 Å². The second-order valence-electron chi connectivity index (χ2n) is 4.68. The molecule has 1 aromatic heterocycles. The third kappa shape index (κ3) is 3.54. The average molecular weight is 272 g/mol. The van der Waals surface area contributed by atoms with Crippen LogP contribution in [0.25, 0.3) is 0 Å². The number of ketones is 1. The van der Waals surface area contributed by atoms with Crippen LogP contribution in [0, 0.1) is 5.92 Å². The van der Waals surface area contributed by atoms with Gasteiger partial charge in [-0.05, 0) is 37.4 Å². The molecule has 2 unspecified atom stereocenters. The van der Waals surface area contributed by atoms with Crippen molar-refractivity contribution in [1.82, 2.24) is 5.32 Å². The highest BCUT2D eigenvalue weighted by atomic mass is 35.5. The quantitative estimate of drug-likeness (QED) is 0.845. The standard InChI is InChI=1S/C13H18ClNOS/c1-2-9-5-6-15-10(7-9)8-11(16)12-3-4-13(14)17-12/h3-4,9-10,15H,2,5-8H2,1H3. The van der Waals surface area contributed by atoms with Crippen LogP contribution in [-0.4, -0.2) is 18.4 Å². The first kappa shape index (κ1) is 13.1. The van der Waals surface area contributed by atoms with Gasteiger partial charge in [0.15, 0.2) is 5.78 Å². The predicted molar refractivity (Wildman–Crippen MR) is 73.1 cm³/mol. The Morgan fingerprint density at radius 1 is 1.59 bits per heavy atom. The highest BCUT2D eigenvalue weighted by Gasteiger charge is 2.23. The number of halogens is 1. The van der Waals surface area contributed by atoms with Crippen LogP contribution in [0.5, 0.6) is 0 Å². The predicted octanol–water partition coefficient (Wildman–Crippen LogP) is 3.75. The number of nitrogens with one attached hydrogen (secondary N) is 1. The molecule has 1 aromatic rings. The molecule has 1 N–H and O–H groups in total. The second kappa shape index (κ2) is 5.98. The molecule has 94 valence electrons. The second-order valence-corrected chi connectivity index (χ2v) is 6.40. The van der Waals surface area contributed by atoms with Gasteiger partial charge in [-0.3, -0.25) is 4.79 Å². The molecule has 0 aliphatic carbocycles. The summed E-state index contributed by atoms with van der Waals surface area (Å²) in [4.78, 5) is 12.8. The van der Waals surface area contributed by atoms with Gasteiger partial charge in [-0.15, -0.1) is 11.3 Å². The maximum atomic E-state index is 12.0. The van der Waals surface area contributed by atoms with Crippen LogP contribution in [0.3, 0.4) is 0 Å². The van der Waals surface area contributed by atoms with E-state index in [1.54, 1.807) is 6.07 Å². The molecule has 0 amide bonds.